The molecule has 8 heteroatoms. The Kier molecular flexibility index (Phi) is 4.46. The van der Waals surface area contributed by atoms with E-state index in [0.29, 0.717) is 13.1 Å². The van der Waals surface area contributed by atoms with Gasteiger partial charge in [-0.25, -0.2) is 14.2 Å². The van der Waals surface area contributed by atoms with Crippen LogP contribution in [0.5, 0.6) is 0 Å². The number of piperazine rings is 1. The molecule has 108 valence electrons. The molecule has 0 atom stereocenters. The zero-order valence-electron chi connectivity index (χ0n) is 10.7. The Bertz CT molecular complexity index is 517. The lowest BCUT2D eigenvalue weighted by Gasteiger charge is -2.27. The van der Waals surface area contributed by atoms with Gasteiger partial charge in [-0.2, -0.15) is 0 Å². The number of nitrogens with one attached hydrogen (secondary N) is 2. The van der Waals surface area contributed by atoms with Crippen LogP contribution in [0.1, 0.15) is 10.4 Å². The largest absolute Gasteiger partial charge is 0.478 e. The highest BCUT2D eigenvalue weighted by atomic mass is 19.1. The normalized spacial score (nSPS) is 14.9. The molecule has 1 fully saturated rings. The van der Waals surface area contributed by atoms with E-state index >= 15 is 0 Å². The first-order valence-electron chi connectivity index (χ1n) is 6.19. The smallest absolute Gasteiger partial charge is 0.339 e. The van der Waals surface area contributed by atoms with Crippen molar-refractivity contribution in [2.75, 3.05) is 38.0 Å². The van der Waals surface area contributed by atoms with Crippen molar-refractivity contribution in [3.63, 3.8) is 0 Å². The summed E-state index contributed by atoms with van der Waals surface area (Å²) in [4.78, 5) is 28.2. The maximum Gasteiger partial charge on any atom is 0.339 e. The Morgan fingerprint density at radius 2 is 2.15 bits per heavy atom. The van der Waals surface area contributed by atoms with Crippen molar-refractivity contribution < 1.29 is 19.1 Å². The maximum atomic E-state index is 13.0. The average Bonchev–Trinajstić information content (AvgIpc) is 2.46. The van der Waals surface area contributed by atoms with E-state index in [4.69, 9.17) is 5.11 Å². The number of pyridine rings is 1. The molecule has 1 saturated heterocycles. The predicted octanol–water partition coefficient (Wildman–Crippen LogP) is -0.237. The van der Waals surface area contributed by atoms with E-state index in [1.807, 2.05) is 0 Å². The standard InChI is InChI=1S/C12H15FN4O3/c13-8-5-9(12(19)20)11(15-6-8)16-7-10(18)17-3-1-14-2-4-17/h5-6,14H,1-4,7H2,(H,15,16)(H,19,20). The summed E-state index contributed by atoms with van der Waals surface area (Å²) in [6, 6.07) is 0.868. The lowest BCUT2D eigenvalue weighted by molar-refractivity contribution is -0.129. The van der Waals surface area contributed by atoms with E-state index in [0.717, 1.165) is 25.4 Å². The van der Waals surface area contributed by atoms with Gasteiger partial charge >= 0.3 is 5.97 Å². The predicted molar refractivity (Wildman–Crippen MR) is 69.1 cm³/mol. The lowest BCUT2D eigenvalue weighted by atomic mass is 10.2. The van der Waals surface area contributed by atoms with Crippen LogP contribution in [0.15, 0.2) is 12.3 Å². The van der Waals surface area contributed by atoms with E-state index in [2.05, 4.69) is 15.6 Å². The van der Waals surface area contributed by atoms with Crippen LogP contribution in [-0.2, 0) is 4.79 Å². The van der Waals surface area contributed by atoms with Crippen molar-refractivity contribution in [1.82, 2.24) is 15.2 Å². The molecule has 1 aliphatic rings. The number of carbonyl (C=O) groups is 2. The van der Waals surface area contributed by atoms with Gasteiger partial charge in [-0.05, 0) is 6.07 Å². The number of carbonyl (C=O) groups excluding carboxylic acids is 1. The molecule has 1 aromatic heterocycles. The molecule has 1 aromatic rings. The average molecular weight is 282 g/mol. The second-order valence-electron chi connectivity index (χ2n) is 4.34. The fourth-order valence-electron chi connectivity index (χ4n) is 1.93. The van der Waals surface area contributed by atoms with E-state index in [-0.39, 0.29) is 23.8 Å². The third-order valence-electron chi connectivity index (χ3n) is 2.96. The SMILES string of the molecule is O=C(O)c1cc(F)cnc1NCC(=O)N1CCNCC1. The molecule has 0 bridgehead atoms. The number of aromatic nitrogens is 1. The van der Waals surface area contributed by atoms with Crippen LogP contribution < -0.4 is 10.6 Å². The van der Waals surface area contributed by atoms with E-state index in [1.165, 1.54) is 0 Å². The monoisotopic (exact) mass is 282 g/mol. The number of rotatable bonds is 4. The Morgan fingerprint density at radius 3 is 2.80 bits per heavy atom. The van der Waals surface area contributed by atoms with Gasteiger partial charge in [0.2, 0.25) is 5.91 Å². The first kappa shape index (κ1) is 14.2. The van der Waals surface area contributed by atoms with Crippen molar-refractivity contribution in [2.45, 2.75) is 0 Å². The van der Waals surface area contributed by atoms with Gasteiger partial charge in [0.15, 0.2) is 0 Å². The molecule has 0 unspecified atom stereocenters. The topological polar surface area (TPSA) is 94.6 Å². The van der Waals surface area contributed by atoms with Crippen LogP contribution in [-0.4, -0.2) is 59.6 Å². The third-order valence-corrected chi connectivity index (χ3v) is 2.96. The summed E-state index contributed by atoms with van der Waals surface area (Å²) >= 11 is 0. The molecule has 0 aliphatic carbocycles. The summed E-state index contributed by atoms with van der Waals surface area (Å²) in [7, 11) is 0. The van der Waals surface area contributed by atoms with Gasteiger partial charge in [0.05, 0.1) is 12.7 Å². The van der Waals surface area contributed by atoms with Crippen molar-refractivity contribution in [2.24, 2.45) is 0 Å². The molecule has 2 rings (SSSR count). The van der Waals surface area contributed by atoms with Gasteiger partial charge in [-0.1, -0.05) is 0 Å². The molecule has 0 saturated carbocycles. The van der Waals surface area contributed by atoms with Gasteiger partial charge in [0.1, 0.15) is 17.2 Å². The minimum absolute atomic E-state index is 0.0117. The molecule has 7 nitrogen and oxygen atoms in total. The number of hydrogen-bond donors (Lipinski definition) is 3. The molecule has 1 aliphatic heterocycles. The minimum atomic E-state index is -1.30. The Balaban J connectivity index is 1.99. The molecular weight excluding hydrogens is 267 g/mol. The van der Waals surface area contributed by atoms with Crippen LogP contribution in [0.4, 0.5) is 10.2 Å². The number of aromatic carboxylic acids is 1. The summed E-state index contributed by atoms with van der Waals surface area (Å²) < 4.78 is 13.0. The van der Waals surface area contributed by atoms with Gasteiger partial charge in [-0.15, -0.1) is 0 Å². The molecule has 0 aromatic carbocycles. The summed E-state index contributed by atoms with van der Waals surface area (Å²) in [6.45, 7) is 2.63. The first-order chi connectivity index (χ1) is 9.58. The third kappa shape index (κ3) is 3.41. The molecule has 1 amide bonds. The fourth-order valence-corrected chi connectivity index (χ4v) is 1.93. The first-order valence-corrected chi connectivity index (χ1v) is 6.19. The Labute approximate surface area is 114 Å². The second kappa shape index (κ2) is 6.29. The highest BCUT2D eigenvalue weighted by Gasteiger charge is 2.18. The van der Waals surface area contributed by atoms with Crippen molar-refractivity contribution in [3.05, 3.63) is 23.6 Å². The number of carboxylic acid groups (broad SMARTS) is 1. The van der Waals surface area contributed by atoms with Crippen LogP contribution in [0.25, 0.3) is 0 Å². The second-order valence-corrected chi connectivity index (χ2v) is 4.34. The highest BCUT2D eigenvalue weighted by Crippen LogP contribution is 2.13. The number of halogens is 1. The van der Waals surface area contributed by atoms with E-state index in [1.54, 1.807) is 4.90 Å². The zero-order chi connectivity index (χ0) is 14.5. The zero-order valence-corrected chi connectivity index (χ0v) is 10.7. The number of carboxylic acids is 1. The number of anilines is 1. The molecular formula is C12H15FN4O3. The van der Waals surface area contributed by atoms with Gasteiger partial charge in [0, 0.05) is 26.2 Å². The molecule has 0 radical (unpaired) electrons. The fraction of sp³-hybridized carbons (Fsp3) is 0.417. The highest BCUT2D eigenvalue weighted by molar-refractivity contribution is 5.93. The molecule has 20 heavy (non-hydrogen) atoms. The van der Waals surface area contributed by atoms with Crippen molar-refractivity contribution in [3.8, 4) is 0 Å². The lowest BCUT2D eigenvalue weighted by Crippen LogP contribution is -2.48. The maximum absolute atomic E-state index is 13.0. The van der Waals surface area contributed by atoms with Crippen LogP contribution in [0.2, 0.25) is 0 Å². The Hall–Kier alpha value is -2.22. The Morgan fingerprint density at radius 1 is 1.45 bits per heavy atom. The summed E-state index contributed by atoms with van der Waals surface area (Å²) in [5.74, 6) is -2.19. The summed E-state index contributed by atoms with van der Waals surface area (Å²) in [6.07, 6.45) is 0.907. The van der Waals surface area contributed by atoms with Crippen molar-refractivity contribution >= 4 is 17.7 Å². The van der Waals surface area contributed by atoms with Crippen LogP contribution in [0.3, 0.4) is 0 Å². The van der Waals surface area contributed by atoms with Crippen LogP contribution >= 0.6 is 0 Å². The number of nitrogens with zero attached hydrogens (tertiary/aromatic N) is 2. The molecule has 2 heterocycles. The van der Waals surface area contributed by atoms with Crippen molar-refractivity contribution in [1.29, 1.82) is 0 Å². The summed E-state index contributed by atoms with van der Waals surface area (Å²) in [5, 5.41) is 14.7. The van der Waals surface area contributed by atoms with Gasteiger partial charge < -0.3 is 20.6 Å². The van der Waals surface area contributed by atoms with Crippen LogP contribution in [0, 0.1) is 5.82 Å². The number of hydrogen-bond acceptors (Lipinski definition) is 5. The number of amides is 1. The molecule has 0 spiro atoms. The summed E-state index contributed by atoms with van der Waals surface area (Å²) in [5.41, 5.74) is -0.293. The van der Waals surface area contributed by atoms with E-state index < -0.39 is 11.8 Å². The minimum Gasteiger partial charge on any atom is -0.478 e. The van der Waals surface area contributed by atoms with Gasteiger partial charge in [-0.3, -0.25) is 4.79 Å². The quantitative estimate of drug-likeness (QED) is 0.706. The van der Waals surface area contributed by atoms with Gasteiger partial charge in [0.25, 0.3) is 0 Å². The molecule has 3 N–H and O–H groups in total. The van der Waals surface area contributed by atoms with E-state index in [9.17, 15) is 14.0 Å².